The van der Waals surface area contributed by atoms with Gasteiger partial charge in [-0.1, -0.05) is 24.6 Å². The number of amides is 1. The van der Waals surface area contributed by atoms with Gasteiger partial charge in [-0.25, -0.2) is 0 Å². The molecule has 0 heterocycles. The van der Waals surface area contributed by atoms with E-state index >= 15 is 0 Å². The second kappa shape index (κ2) is 6.52. The highest BCUT2D eigenvalue weighted by Gasteiger charge is 2.35. The molecular weight excluding hydrogens is 256 g/mol. The summed E-state index contributed by atoms with van der Waals surface area (Å²) in [4.78, 5) is 25.1. The lowest BCUT2D eigenvalue weighted by Gasteiger charge is -2.26. The topological polar surface area (TPSA) is 83.6 Å². The van der Waals surface area contributed by atoms with Crippen LogP contribution in [0.15, 0.2) is 30.3 Å². The minimum atomic E-state index is -1.01. The van der Waals surface area contributed by atoms with Crippen LogP contribution in [0, 0.1) is 11.8 Å². The number of anilines is 1. The van der Waals surface area contributed by atoms with Gasteiger partial charge in [0.25, 0.3) is 0 Å². The van der Waals surface area contributed by atoms with Crippen molar-refractivity contribution in [3.8, 4) is 0 Å². The predicted octanol–water partition coefficient (Wildman–Crippen LogP) is 1.48. The Morgan fingerprint density at radius 3 is 2.55 bits per heavy atom. The van der Waals surface area contributed by atoms with Gasteiger partial charge in [-0.05, 0) is 37.4 Å². The standard InChI is InChI=1S/C15H20N2O3/c16-9-11-5-4-8-13(11)15(20)17(10-14(18)19)12-6-2-1-3-7-12/h1-3,6-7,11,13H,4-5,8-10,16H2,(H,18,19). The third kappa shape index (κ3) is 3.17. The molecule has 0 bridgehead atoms. The van der Waals surface area contributed by atoms with E-state index in [1.54, 1.807) is 24.3 Å². The molecule has 0 aromatic heterocycles. The summed E-state index contributed by atoms with van der Waals surface area (Å²) in [6.07, 6.45) is 2.72. The summed E-state index contributed by atoms with van der Waals surface area (Å²) in [6, 6.07) is 8.95. The van der Waals surface area contributed by atoms with Gasteiger partial charge in [0.05, 0.1) is 0 Å². The van der Waals surface area contributed by atoms with Crippen LogP contribution < -0.4 is 10.6 Å². The van der Waals surface area contributed by atoms with Gasteiger partial charge >= 0.3 is 5.97 Å². The SMILES string of the molecule is NCC1CCCC1C(=O)N(CC(=O)O)c1ccccc1. The molecule has 2 unspecified atom stereocenters. The smallest absolute Gasteiger partial charge is 0.323 e. The number of carbonyl (C=O) groups is 2. The summed E-state index contributed by atoms with van der Waals surface area (Å²) < 4.78 is 0. The highest BCUT2D eigenvalue weighted by Crippen LogP contribution is 2.33. The average Bonchev–Trinajstić information content (AvgIpc) is 2.93. The fourth-order valence-electron chi connectivity index (χ4n) is 2.88. The van der Waals surface area contributed by atoms with Crippen molar-refractivity contribution in [1.29, 1.82) is 0 Å². The molecule has 5 heteroatoms. The molecule has 0 radical (unpaired) electrons. The van der Waals surface area contributed by atoms with Crippen LogP contribution in [0.1, 0.15) is 19.3 Å². The number of hydrogen-bond acceptors (Lipinski definition) is 3. The van der Waals surface area contributed by atoms with E-state index < -0.39 is 5.97 Å². The lowest BCUT2D eigenvalue weighted by Crippen LogP contribution is -2.42. The Hall–Kier alpha value is -1.88. The van der Waals surface area contributed by atoms with Crippen LogP contribution in [-0.4, -0.2) is 30.1 Å². The van der Waals surface area contributed by atoms with Crippen molar-refractivity contribution in [2.45, 2.75) is 19.3 Å². The Balaban J connectivity index is 2.22. The van der Waals surface area contributed by atoms with Crippen LogP contribution in [0.2, 0.25) is 0 Å². The first-order valence-corrected chi connectivity index (χ1v) is 6.91. The number of carboxylic acid groups (broad SMARTS) is 1. The van der Waals surface area contributed by atoms with Gasteiger partial charge in [0.1, 0.15) is 6.54 Å². The molecule has 0 aliphatic heterocycles. The van der Waals surface area contributed by atoms with Crippen LogP contribution in [0.5, 0.6) is 0 Å². The summed E-state index contributed by atoms with van der Waals surface area (Å²) in [7, 11) is 0. The minimum Gasteiger partial charge on any atom is -0.480 e. The third-order valence-corrected chi connectivity index (χ3v) is 3.91. The maximum atomic E-state index is 12.7. The number of rotatable bonds is 5. The zero-order valence-corrected chi connectivity index (χ0v) is 11.4. The Labute approximate surface area is 118 Å². The molecule has 1 fully saturated rings. The monoisotopic (exact) mass is 276 g/mol. The van der Waals surface area contributed by atoms with E-state index in [0.29, 0.717) is 12.2 Å². The van der Waals surface area contributed by atoms with Crippen LogP contribution in [-0.2, 0) is 9.59 Å². The van der Waals surface area contributed by atoms with Crippen LogP contribution in [0.25, 0.3) is 0 Å². The number of carbonyl (C=O) groups excluding carboxylic acids is 1. The first-order valence-electron chi connectivity index (χ1n) is 6.91. The zero-order valence-electron chi connectivity index (χ0n) is 11.4. The van der Waals surface area contributed by atoms with Gasteiger partial charge in [0.15, 0.2) is 0 Å². The Bertz CT molecular complexity index is 475. The molecule has 1 aromatic carbocycles. The van der Waals surface area contributed by atoms with E-state index in [1.165, 1.54) is 4.90 Å². The molecule has 108 valence electrons. The number of nitrogens with zero attached hydrogens (tertiary/aromatic N) is 1. The average molecular weight is 276 g/mol. The molecule has 0 saturated heterocycles. The third-order valence-electron chi connectivity index (χ3n) is 3.91. The van der Waals surface area contributed by atoms with Crippen LogP contribution in [0.3, 0.4) is 0 Å². The normalized spacial score (nSPS) is 21.6. The van der Waals surface area contributed by atoms with Gasteiger partial charge in [0.2, 0.25) is 5.91 Å². The van der Waals surface area contributed by atoms with Crippen LogP contribution >= 0.6 is 0 Å². The van der Waals surface area contributed by atoms with E-state index in [4.69, 9.17) is 10.8 Å². The number of aliphatic carboxylic acids is 1. The number of benzene rings is 1. The largest absolute Gasteiger partial charge is 0.480 e. The quantitative estimate of drug-likeness (QED) is 0.853. The second-order valence-corrected chi connectivity index (χ2v) is 5.19. The molecule has 1 saturated carbocycles. The van der Waals surface area contributed by atoms with Crippen molar-refractivity contribution >= 4 is 17.6 Å². The van der Waals surface area contributed by atoms with Crippen LogP contribution in [0.4, 0.5) is 5.69 Å². The maximum Gasteiger partial charge on any atom is 0.323 e. The predicted molar refractivity (Wildman–Crippen MR) is 76.3 cm³/mol. The van der Waals surface area contributed by atoms with E-state index in [9.17, 15) is 9.59 Å². The molecule has 2 rings (SSSR count). The molecule has 20 heavy (non-hydrogen) atoms. The van der Waals surface area contributed by atoms with E-state index in [0.717, 1.165) is 19.3 Å². The molecule has 1 aromatic rings. The van der Waals surface area contributed by atoms with Crippen molar-refractivity contribution in [2.75, 3.05) is 18.0 Å². The maximum absolute atomic E-state index is 12.7. The first kappa shape index (κ1) is 14.5. The van der Waals surface area contributed by atoms with Crippen molar-refractivity contribution in [1.82, 2.24) is 0 Å². The fourth-order valence-corrected chi connectivity index (χ4v) is 2.88. The number of carboxylic acids is 1. The van der Waals surface area contributed by atoms with Crippen molar-refractivity contribution in [2.24, 2.45) is 17.6 Å². The molecular formula is C15H20N2O3. The first-order chi connectivity index (χ1) is 9.63. The molecule has 2 atom stereocenters. The van der Waals surface area contributed by atoms with Gasteiger partial charge in [-0.3, -0.25) is 9.59 Å². The highest BCUT2D eigenvalue weighted by molar-refractivity contribution is 5.99. The van der Waals surface area contributed by atoms with Gasteiger partial charge in [-0.2, -0.15) is 0 Å². The van der Waals surface area contributed by atoms with Crippen molar-refractivity contribution < 1.29 is 14.7 Å². The van der Waals surface area contributed by atoms with Gasteiger partial charge < -0.3 is 15.7 Å². The zero-order chi connectivity index (χ0) is 14.5. The summed E-state index contributed by atoms with van der Waals surface area (Å²) in [5.41, 5.74) is 6.34. The number of para-hydroxylation sites is 1. The molecule has 1 amide bonds. The molecule has 1 aliphatic rings. The molecule has 5 nitrogen and oxygen atoms in total. The summed E-state index contributed by atoms with van der Waals surface area (Å²) >= 11 is 0. The van der Waals surface area contributed by atoms with E-state index in [2.05, 4.69) is 0 Å². The molecule has 3 N–H and O–H groups in total. The Morgan fingerprint density at radius 1 is 1.25 bits per heavy atom. The van der Waals surface area contributed by atoms with Gasteiger partial charge in [0, 0.05) is 11.6 Å². The minimum absolute atomic E-state index is 0.119. The number of hydrogen-bond donors (Lipinski definition) is 2. The Kier molecular flexibility index (Phi) is 4.74. The lowest BCUT2D eigenvalue weighted by molar-refractivity contribution is -0.137. The molecule has 0 spiro atoms. The highest BCUT2D eigenvalue weighted by atomic mass is 16.4. The lowest BCUT2D eigenvalue weighted by atomic mass is 9.94. The fraction of sp³-hybridized carbons (Fsp3) is 0.467. The number of nitrogens with two attached hydrogens (primary N) is 1. The van der Waals surface area contributed by atoms with E-state index in [1.807, 2.05) is 6.07 Å². The summed E-state index contributed by atoms with van der Waals surface area (Å²) in [6.45, 7) is 0.169. The second-order valence-electron chi connectivity index (χ2n) is 5.19. The summed E-state index contributed by atoms with van der Waals surface area (Å²) in [5, 5.41) is 9.04. The Morgan fingerprint density at radius 2 is 1.95 bits per heavy atom. The van der Waals surface area contributed by atoms with Crippen molar-refractivity contribution in [3.05, 3.63) is 30.3 Å². The summed E-state index contributed by atoms with van der Waals surface area (Å²) in [5.74, 6) is -1.11. The van der Waals surface area contributed by atoms with E-state index in [-0.39, 0.29) is 24.3 Å². The van der Waals surface area contributed by atoms with Gasteiger partial charge in [-0.15, -0.1) is 0 Å². The molecule has 1 aliphatic carbocycles. The van der Waals surface area contributed by atoms with Crippen molar-refractivity contribution in [3.63, 3.8) is 0 Å².